The third kappa shape index (κ3) is 2.55. The molecule has 0 bridgehead atoms. The van der Waals surface area contributed by atoms with E-state index in [4.69, 9.17) is 10.5 Å². The molecule has 3 heterocycles. The molecule has 106 valence electrons. The lowest BCUT2D eigenvalue weighted by molar-refractivity contribution is 0.0816. The summed E-state index contributed by atoms with van der Waals surface area (Å²) < 4.78 is 7.08. The van der Waals surface area contributed by atoms with Crippen LogP contribution in [0.3, 0.4) is 0 Å². The molecule has 1 aliphatic heterocycles. The molecule has 1 fully saturated rings. The molecule has 8 nitrogen and oxygen atoms in total. The highest BCUT2D eigenvalue weighted by molar-refractivity contribution is 5.38. The molecule has 0 saturated carbocycles. The molecule has 1 saturated heterocycles. The second-order valence-corrected chi connectivity index (χ2v) is 4.69. The van der Waals surface area contributed by atoms with Gasteiger partial charge in [-0.1, -0.05) is 0 Å². The lowest BCUT2D eigenvalue weighted by Gasteiger charge is -2.31. The summed E-state index contributed by atoms with van der Waals surface area (Å²) in [6, 6.07) is 0. The molecule has 2 aromatic heterocycles. The highest BCUT2D eigenvalue weighted by Crippen LogP contribution is 2.19. The Hall–Kier alpha value is -2.22. The van der Waals surface area contributed by atoms with Crippen LogP contribution >= 0.6 is 0 Å². The lowest BCUT2D eigenvalue weighted by atomic mass is 10.1. The van der Waals surface area contributed by atoms with E-state index in [1.54, 1.807) is 30.4 Å². The van der Waals surface area contributed by atoms with E-state index in [1.807, 2.05) is 0 Å². The van der Waals surface area contributed by atoms with E-state index in [9.17, 15) is 0 Å². The first-order chi connectivity index (χ1) is 9.76. The Labute approximate surface area is 116 Å². The van der Waals surface area contributed by atoms with Crippen LogP contribution in [-0.4, -0.2) is 50.8 Å². The smallest absolute Gasteiger partial charge is 0.241 e. The number of aromatic nitrogens is 5. The Balaban J connectivity index is 1.83. The van der Waals surface area contributed by atoms with Gasteiger partial charge in [-0.2, -0.15) is 15.0 Å². The molecule has 0 spiro atoms. The molecule has 0 radical (unpaired) electrons. The zero-order valence-electron chi connectivity index (χ0n) is 11.3. The fourth-order valence-corrected chi connectivity index (χ4v) is 2.30. The van der Waals surface area contributed by atoms with Gasteiger partial charge in [0.15, 0.2) is 0 Å². The maximum Gasteiger partial charge on any atom is 0.241 e. The number of imidazole rings is 1. The maximum absolute atomic E-state index is 5.78. The molecule has 2 aromatic rings. The van der Waals surface area contributed by atoms with Crippen LogP contribution in [0.5, 0.6) is 0 Å². The largest absolute Gasteiger partial charge is 0.381 e. The molecule has 0 aromatic carbocycles. The van der Waals surface area contributed by atoms with Gasteiger partial charge in [0.25, 0.3) is 0 Å². The molecule has 3 rings (SSSR count). The average molecular weight is 275 g/mol. The summed E-state index contributed by atoms with van der Waals surface area (Å²) in [5.74, 6) is 1.31. The van der Waals surface area contributed by atoms with Gasteiger partial charge in [-0.25, -0.2) is 4.98 Å². The monoisotopic (exact) mass is 275 g/mol. The fraction of sp³-hybridized carbons (Fsp3) is 0.500. The molecule has 2 N–H and O–H groups in total. The molecule has 8 heteroatoms. The molecular weight excluding hydrogens is 258 g/mol. The molecule has 0 unspecified atom stereocenters. The number of methoxy groups -OCH3 is 1. The van der Waals surface area contributed by atoms with Crippen molar-refractivity contribution in [1.29, 1.82) is 0 Å². The van der Waals surface area contributed by atoms with Gasteiger partial charge >= 0.3 is 0 Å². The summed E-state index contributed by atoms with van der Waals surface area (Å²) in [5.41, 5.74) is 5.78. The van der Waals surface area contributed by atoms with E-state index in [0.29, 0.717) is 18.0 Å². The number of ether oxygens (including phenoxy) is 1. The van der Waals surface area contributed by atoms with Gasteiger partial charge < -0.3 is 15.4 Å². The van der Waals surface area contributed by atoms with Crippen LogP contribution in [-0.2, 0) is 4.74 Å². The minimum atomic E-state index is 0.215. The van der Waals surface area contributed by atoms with Crippen molar-refractivity contribution in [2.45, 2.75) is 18.9 Å². The zero-order valence-corrected chi connectivity index (χ0v) is 11.3. The number of piperidine rings is 1. The predicted molar refractivity (Wildman–Crippen MR) is 73.6 cm³/mol. The number of nitrogen functional groups attached to an aromatic ring is 1. The number of nitrogens with zero attached hydrogens (tertiary/aromatic N) is 6. The van der Waals surface area contributed by atoms with E-state index >= 15 is 0 Å². The summed E-state index contributed by atoms with van der Waals surface area (Å²) in [6.07, 6.45) is 7.32. The third-order valence-electron chi connectivity index (χ3n) is 3.42. The second kappa shape index (κ2) is 5.41. The van der Waals surface area contributed by atoms with Crippen molar-refractivity contribution in [1.82, 2.24) is 24.5 Å². The Morgan fingerprint density at radius 2 is 1.95 bits per heavy atom. The predicted octanol–water partition coefficient (Wildman–Crippen LogP) is 0.255. The normalized spacial score (nSPS) is 16.6. The molecule has 0 aliphatic carbocycles. The minimum absolute atomic E-state index is 0.215. The van der Waals surface area contributed by atoms with Gasteiger partial charge in [-0.3, -0.25) is 4.57 Å². The summed E-state index contributed by atoms with van der Waals surface area (Å²) in [4.78, 5) is 18.9. The van der Waals surface area contributed by atoms with Crippen LogP contribution in [0.1, 0.15) is 12.8 Å². The number of hydrogen-bond donors (Lipinski definition) is 1. The number of hydrogen-bond acceptors (Lipinski definition) is 7. The summed E-state index contributed by atoms with van der Waals surface area (Å²) >= 11 is 0. The van der Waals surface area contributed by atoms with Gasteiger partial charge in [-0.05, 0) is 12.8 Å². The summed E-state index contributed by atoms with van der Waals surface area (Å²) in [6.45, 7) is 1.71. The standard InChI is InChI=1S/C12H17N7O/c1-20-9-2-5-18(6-3-9)11-15-10(13)16-12(17-11)19-7-4-14-8-19/h4,7-9H,2-3,5-6H2,1H3,(H2,13,15,16,17). The van der Waals surface area contributed by atoms with Crippen LogP contribution in [0.25, 0.3) is 5.95 Å². The van der Waals surface area contributed by atoms with Crippen LogP contribution in [0, 0.1) is 0 Å². The summed E-state index contributed by atoms with van der Waals surface area (Å²) in [5, 5.41) is 0. The Bertz CT molecular complexity index is 563. The molecule has 1 aliphatic rings. The van der Waals surface area contributed by atoms with Crippen LogP contribution in [0.15, 0.2) is 18.7 Å². The molecule has 0 amide bonds. The zero-order chi connectivity index (χ0) is 13.9. The van der Waals surface area contributed by atoms with E-state index in [0.717, 1.165) is 25.9 Å². The molecule has 20 heavy (non-hydrogen) atoms. The van der Waals surface area contributed by atoms with E-state index in [2.05, 4.69) is 24.8 Å². The highest BCUT2D eigenvalue weighted by atomic mass is 16.5. The van der Waals surface area contributed by atoms with Gasteiger partial charge in [0.1, 0.15) is 6.33 Å². The highest BCUT2D eigenvalue weighted by Gasteiger charge is 2.21. The van der Waals surface area contributed by atoms with Crippen LogP contribution in [0.4, 0.5) is 11.9 Å². The Morgan fingerprint density at radius 3 is 2.60 bits per heavy atom. The average Bonchev–Trinajstić information content (AvgIpc) is 3.01. The topological polar surface area (TPSA) is 95.0 Å². The van der Waals surface area contributed by atoms with Gasteiger partial charge in [0.05, 0.1) is 6.10 Å². The second-order valence-electron chi connectivity index (χ2n) is 4.69. The van der Waals surface area contributed by atoms with Crippen LogP contribution < -0.4 is 10.6 Å². The number of anilines is 2. The Kier molecular flexibility index (Phi) is 3.46. The van der Waals surface area contributed by atoms with Crippen molar-refractivity contribution in [3.63, 3.8) is 0 Å². The number of nitrogens with two attached hydrogens (primary N) is 1. The van der Waals surface area contributed by atoms with Crippen molar-refractivity contribution < 1.29 is 4.74 Å². The van der Waals surface area contributed by atoms with Crippen molar-refractivity contribution >= 4 is 11.9 Å². The van der Waals surface area contributed by atoms with E-state index in [-0.39, 0.29) is 5.95 Å². The lowest BCUT2D eigenvalue weighted by Crippen LogP contribution is -2.38. The first-order valence-electron chi connectivity index (χ1n) is 6.54. The molecule has 0 atom stereocenters. The quantitative estimate of drug-likeness (QED) is 0.858. The van der Waals surface area contributed by atoms with E-state index in [1.165, 1.54) is 0 Å². The number of rotatable bonds is 3. The third-order valence-corrected chi connectivity index (χ3v) is 3.42. The maximum atomic E-state index is 5.78. The minimum Gasteiger partial charge on any atom is -0.381 e. The first kappa shape index (κ1) is 12.8. The van der Waals surface area contributed by atoms with Crippen LogP contribution in [0.2, 0.25) is 0 Å². The SMILES string of the molecule is COC1CCN(c2nc(N)nc(-n3ccnc3)n2)CC1. The van der Waals surface area contributed by atoms with Crippen molar-refractivity contribution in [2.75, 3.05) is 30.8 Å². The first-order valence-corrected chi connectivity index (χ1v) is 6.54. The fourth-order valence-electron chi connectivity index (χ4n) is 2.30. The van der Waals surface area contributed by atoms with Crippen molar-refractivity contribution in [3.05, 3.63) is 18.7 Å². The Morgan fingerprint density at radius 1 is 1.20 bits per heavy atom. The summed E-state index contributed by atoms with van der Waals surface area (Å²) in [7, 11) is 1.75. The molecular formula is C12H17N7O. The van der Waals surface area contributed by atoms with Crippen molar-refractivity contribution in [2.24, 2.45) is 0 Å². The van der Waals surface area contributed by atoms with E-state index < -0.39 is 0 Å². The van der Waals surface area contributed by atoms with Gasteiger partial charge in [0, 0.05) is 32.6 Å². The van der Waals surface area contributed by atoms with Gasteiger partial charge in [0.2, 0.25) is 17.8 Å². The van der Waals surface area contributed by atoms with Crippen molar-refractivity contribution in [3.8, 4) is 5.95 Å². The van der Waals surface area contributed by atoms with Gasteiger partial charge in [-0.15, -0.1) is 0 Å².